The first-order valence-electron chi connectivity index (χ1n) is 4.32. The molecule has 0 atom stereocenters. The Balaban J connectivity index is 2.51. The zero-order valence-electron chi connectivity index (χ0n) is 7.66. The molecule has 0 aromatic carbocycles. The van der Waals surface area contributed by atoms with E-state index < -0.39 is 0 Å². The monoisotopic (exact) mass is 169 g/mol. The van der Waals surface area contributed by atoms with Crippen molar-refractivity contribution < 1.29 is 4.74 Å². The summed E-state index contributed by atoms with van der Waals surface area (Å²) in [7, 11) is 0. The molecule has 0 amide bonds. The molecule has 0 fully saturated rings. The van der Waals surface area contributed by atoms with Gasteiger partial charge in [0.15, 0.2) is 5.82 Å². The molecule has 4 nitrogen and oxygen atoms in total. The average molecular weight is 169 g/mol. The fourth-order valence-electron chi connectivity index (χ4n) is 1.01. The number of hydrogen-bond donors (Lipinski definition) is 0. The van der Waals surface area contributed by atoms with Crippen molar-refractivity contribution in [2.75, 3.05) is 6.61 Å². The molecule has 0 spiro atoms. The van der Waals surface area contributed by atoms with Gasteiger partial charge in [-0.1, -0.05) is 6.92 Å². The SMILES string of the molecule is CCCn1cnnc1COCC. The minimum Gasteiger partial charge on any atom is -0.374 e. The lowest BCUT2D eigenvalue weighted by Gasteiger charge is -2.03. The highest BCUT2D eigenvalue weighted by Crippen LogP contribution is 1.98. The van der Waals surface area contributed by atoms with Crippen LogP contribution in [-0.4, -0.2) is 21.4 Å². The van der Waals surface area contributed by atoms with Crippen molar-refractivity contribution in [3.63, 3.8) is 0 Å². The number of hydrogen-bond acceptors (Lipinski definition) is 3. The van der Waals surface area contributed by atoms with Crippen LogP contribution < -0.4 is 0 Å². The molecule has 0 saturated carbocycles. The third-order valence-electron chi connectivity index (χ3n) is 1.60. The van der Waals surface area contributed by atoms with Crippen LogP contribution in [0.5, 0.6) is 0 Å². The maximum atomic E-state index is 5.24. The fourth-order valence-corrected chi connectivity index (χ4v) is 1.01. The first-order valence-corrected chi connectivity index (χ1v) is 4.32. The van der Waals surface area contributed by atoms with Crippen molar-refractivity contribution in [3.05, 3.63) is 12.2 Å². The van der Waals surface area contributed by atoms with Crippen LogP contribution in [0.2, 0.25) is 0 Å². The molecule has 0 aliphatic carbocycles. The lowest BCUT2D eigenvalue weighted by molar-refractivity contribution is 0.125. The quantitative estimate of drug-likeness (QED) is 0.665. The second kappa shape index (κ2) is 4.87. The molecule has 1 rings (SSSR count). The first kappa shape index (κ1) is 9.19. The molecule has 1 heterocycles. The third kappa shape index (κ3) is 2.30. The molecule has 12 heavy (non-hydrogen) atoms. The van der Waals surface area contributed by atoms with Crippen LogP contribution in [0, 0.1) is 0 Å². The van der Waals surface area contributed by atoms with Crippen molar-refractivity contribution in [2.45, 2.75) is 33.4 Å². The van der Waals surface area contributed by atoms with Gasteiger partial charge in [0.1, 0.15) is 12.9 Å². The van der Waals surface area contributed by atoms with Crippen molar-refractivity contribution >= 4 is 0 Å². The number of rotatable bonds is 5. The van der Waals surface area contributed by atoms with E-state index >= 15 is 0 Å². The number of nitrogens with zero attached hydrogens (tertiary/aromatic N) is 3. The van der Waals surface area contributed by atoms with Gasteiger partial charge in [-0.25, -0.2) is 0 Å². The summed E-state index contributed by atoms with van der Waals surface area (Å²) in [6, 6.07) is 0. The molecular formula is C8H15N3O. The zero-order valence-corrected chi connectivity index (χ0v) is 7.66. The van der Waals surface area contributed by atoms with E-state index in [0.717, 1.165) is 25.4 Å². The summed E-state index contributed by atoms with van der Waals surface area (Å²) in [5.74, 6) is 0.915. The topological polar surface area (TPSA) is 39.9 Å². The second-order valence-corrected chi connectivity index (χ2v) is 2.58. The van der Waals surface area contributed by atoms with Gasteiger partial charge in [0, 0.05) is 13.2 Å². The van der Waals surface area contributed by atoms with Crippen LogP contribution in [0.4, 0.5) is 0 Å². The molecule has 1 aromatic rings. The van der Waals surface area contributed by atoms with Crippen LogP contribution >= 0.6 is 0 Å². The van der Waals surface area contributed by atoms with Crippen molar-refractivity contribution in [2.24, 2.45) is 0 Å². The van der Waals surface area contributed by atoms with E-state index in [4.69, 9.17) is 4.74 Å². The summed E-state index contributed by atoms with van der Waals surface area (Å²) in [4.78, 5) is 0. The molecule has 0 N–H and O–H groups in total. The molecule has 68 valence electrons. The Morgan fingerprint density at radius 2 is 2.33 bits per heavy atom. The molecule has 0 saturated heterocycles. The van der Waals surface area contributed by atoms with Gasteiger partial charge in [0.05, 0.1) is 0 Å². The highest BCUT2D eigenvalue weighted by molar-refractivity contribution is 4.82. The van der Waals surface area contributed by atoms with Gasteiger partial charge in [-0.15, -0.1) is 10.2 Å². The normalized spacial score (nSPS) is 10.5. The zero-order chi connectivity index (χ0) is 8.81. The Kier molecular flexibility index (Phi) is 3.73. The predicted octanol–water partition coefficient (Wildman–Crippen LogP) is 1.22. The smallest absolute Gasteiger partial charge is 0.158 e. The van der Waals surface area contributed by atoms with E-state index in [2.05, 4.69) is 17.1 Å². The van der Waals surface area contributed by atoms with Gasteiger partial charge in [-0.05, 0) is 13.3 Å². The fraction of sp³-hybridized carbons (Fsp3) is 0.750. The van der Waals surface area contributed by atoms with Gasteiger partial charge < -0.3 is 9.30 Å². The van der Waals surface area contributed by atoms with Crippen LogP contribution in [-0.2, 0) is 17.9 Å². The molecule has 0 aliphatic rings. The van der Waals surface area contributed by atoms with E-state index in [9.17, 15) is 0 Å². The highest BCUT2D eigenvalue weighted by Gasteiger charge is 2.01. The van der Waals surface area contributed by atoms with Crippen molar-refractivity contribution in [1.29, 1.82) is 0 Å². The van der Waals surface area contributed by atoms with Crippen LogP contribution in [0.1, 0.15) is 26.1 Å². The number of ether oxygens (including phenoxy) is 1. The molecule has 4 heteroatoms. The molecule has 0 bridgehead atoms. The summed E-state index contributed by atoms with van der Waals surface area (Å²) in [6.45, 7) is 6.36. The molecular weight excluding hydrogens is 154 g/mol. The summed E-state index contributed by atoms with van der Waals surface area (Å²) in [6.07, 6.45) is 2.84. The number of aryl methyl sites for hydroxylation is 1. The highest BCUT2D eigenvalue weighted by atomic mass is 16.5. The third-order valence-corrected chi connectivity index (χ3v) is 1.60. The molecule has 0 unspecified atom stereocenters. The summed E-state index contributed by atoms with van der Waals surface area (Å²) >= 11 is 0. The Labute approximate surface area is 72.6 Å². The Morgan fingerprint density at radius 1 is 1.50 bits per heavy atom. The first-order chi connectivity index (χ1) is 5.88. The lowest BCUT2D eigenvalue weighted by atomic mass is 10.4. The summed E-state index contributed by atoms with van der Waals surface area (Å²) in [5.41, 5.74) is 0. The Morgan fingerprint density at radius 3 is 3.00 bits per heavy atom. The Bertz CT molecular complexity index is 222. The lowest BCUT2D eigenvalue weighted by Crippen LogP contribution is -2.04. The van der Waals surface area contributed by atoms with E-state index in [1.165, 1.54) is 0 Å². The van der Waals surface area contributed by atoms with E-state index in [-0.39, 0.29) is 0 Å². The maximum Gasteiger partial charge on any atom is 0.158 e. The van der Waals surface area contributed by atoms with Gasteiger partial charge in [-0.3, -0.25) is 0 Å². The minimum atomic E-state index is 0.566. The molecule has 0 aliphatic heterocycles. The average Bonchev–Trinajstić information content (AvgIpc) is 2.50. The second-order valence-electron chi connectivity index (χ2n) is 2.58. The van der Waals surface area contributed by atoms with E-state index in [0.29, 0.717) is 6.61 Å². The van der Waals surface area contributed by atoms with Gasteiger partial charge in [0.2, 0.25) is 0 Å². The standard InChI is InChI=1S/C8H15N3O/c1-3-5-11-7-9-10-8(11)6-12-4-2/h7H,3-6H2,1-2H3. The van der Waals surface area contributed by atoms with Gasteiger partial charge in [0.25, 0.3) is 0 Å². The summed E-state index contributed by atoms with van der Waals surface area (Å²) < 4.78 is 7.27. The molecule has 0 radical (unpaired) electrons. The summed E-state index contributed by atoms with van der Waals surface area (Å²) in [5, 5.41) is 7.79. The maximum absolute atomic E-state index is 5.24. The van der Waals surface area contributed by atoms with Crippen molar-refractivity contribution in [1.82, 2.24) is 14.8 Å². The van der Waals surface area contributed by atoms with Crippen LogP contribution in [0.15, 0.2) is 6.33 Å². The van der Waals surface area contributed by atoms with Crippen molar-refractivity contribution in [3.8, 4) is 0 Å². The largest absolute Gasteiger partial charge is 0.374 e. The predicted molar refractivity (Wildman–Crippen MR) is 45.6 cm³/mol. The van der Waals surface area contributed by atoms with Gasteiger partial charge >= 0.3 is 0 Å². The van der Waals surface area contributed by atoms with Gasteiger partial charge in [-0.2, -0.15) is 0 Å². The van der Waals surface area contributed by atoms with Crippen LogP contribution in [0.25, 0.3) is 0 Å². The molecule has 1 aromatic heterocycles. The number of aromatic nitrogens is 3. The Hall–Kier alpha value is -0.900. The van der Waals surface area contributed by atoms with E-state index in [1.54, 1.807) is 6.33 Å². The van der Waals surface area contributed by atoms with Crippen LogP contribution in [0.3, 0.4) is 0 Å². The minimum absolute atomic E-state index is 0.566. The van der Waals surface area contributed by atoms with E-state index in [1.807, 2.05) is 11.5 Å².